The fourth-order valence-corrected chi connectivity index (χ4v) is 5.07. The van der Waals surface area contributed by atoms with E-state index in [9.17, 15) is 0 Å². The van der Waals surface area contributed by atoms with Crippen LogP contribution < -0.4 is 16.0 Å². The highest BCUT2D eigenvalue weighted by molar-refractivity contribution is 6.13. The molecule has 2 aromatic rings. The van der Waals surface area contributed by atoms with Crippen LogP contribution in [0.1, 0.15) is 51.0 Å². The largest absolute Gasteiger partial charge is 0.366 e. The lowest BCUT2D eigenvalue weighted by Gasteiger charge is -2.26. The molecule has 3 aliphatic carbocycles. The van der Waals surface area contributed by atoms with Gasteiger partial charge in [0, 0.05) is 23.5 Å². The highest BCUT2D eigenvalue weighted by Gasteiger charge is 2.17. The predicted octanol–water partition coefficient (Wildman–Crippen LogP) is 5.80. The lowest BCUT2D eigenvalue weighted by atomic mass is 9.77. The zero-order chi connectivity index (χ0) is 25.8. The SMILES string of the molecule is [B]C1C=CC=C(C(CC)NC(=C)Nc2cnn(-c3nc(NC4=CCC5=C(C=C4)CCC5)ncc3C)c2)C1. The van der Waals surface area contributed by atoms with Gasteiger partial charge in [0.15, 0.2) is 5.82 Å². The number of hydrogen-bond acceptors (Lipinski definition) is 6. The highest BCUT2D eigenvalue weighted by Crippen LogP contribution is 2.32. The Balaban J connectivity index is 1.24. The molecule has 3 N–H and O–H groups in total. The summed E-state index contributed by atoms with van der Waals surface area (Å²) in [5.74, 6) is 2.05. The molecule has 0 saturated carbocycles. The Bertz CT molecular complexity index is 1330. The van der Waals surface area contributed by atoms with Gasteiger partial charge >= 0.3 is 0 Å². The number of aromatic nitrogens is 4. The van der Waals surface area contributed by atoms with E-state index in [1.165, 1.54) is 30.4 Å². The van der Waals surface area contributed by atoms with Crippen molar-refractivity contribution in [2.24, 2.45) is 0 Å². The number of rotatable bonds is 9. The lowest BCUT2D eigenvalue weighted by molar-refractivity contribution is 0.598. The van der Waals surface area contributed by atoms with E-state index in [1.54, 1.807) is 16.5 Å². The topological polar surface area (TPSA) is 79.7 Å². The molecule has 2 atom stereocenters. The van der Waals surface area contributed by atoms with Crippen molar-refractivity contribution < 1.29 is 0 Å². The quantitative estimate of drug-likeness (QED) is 0.385. The van der Waals surface area contributed by atoms with Gasteiger partial charge in [0.2, 0.25) is 5.95 Å². The molecular formula is C29H34BN7. The van der Waals surface area contributed by atoms with E-state index in [0.29, 0.717) is 11.8 Å². The molecule has 188 valence electrons. The summed E-state index contributed by atoms with van der Waals surface area (Å²) in [4.78, 5) is 9.26. The molecule has 2 heterocycles. The van der Waals surface area contributed by atoms with E-state index >= 15 is 0 Å². The molecule has 0 saturated heterocycles. The van der Waals surface area contributed by atoms with Crippen molar-refractivity contribution >= 4 is 19.5 Å². The summed E-state index contributed by atoms with van der Waals surface area (Å²) in [6.45, 7) is 8.31. The Labute approximate surface area is 220 Å². The Hall–Kier alpha value is -3.81. The predicted molar refractivity (Wildman–Crippen MR) is 152 cm³/mol. The average Bonchev–Trinajstić information content (AvgIpc) is 3.50. The molecule has 0 aromatic carbocycles. The van der Waals surface area contributed by atoms with E-state index in [1.807, 2.05) is 31.5 Å². The van der Waals surface area contributed by atoms with Crippen molar-refractivity contribution in [1.29, 1.82) is 0 Å². The first kappa shape index (κ1) is 24.9. The maximum Gasteiger partial charge on any atom is 0.229 e. The summed E-state index contributed by atoms with van der Waals surface area (Å²) in [6, 6.07) is 0.174. The van der Waals surface area contributed by atoms with Crippen molar-refractivity contribution in [1.82, 2.24) is 25.1 Å². The number of anilines is 2. The summed E-state index contributed by atoms with van der Waals surface area (Å²) in [5, 5.41) is 14.7. The minimum Gasteiger partial charge on any atom is -0.366 e. The summed E-state index contributed by atoms with van der Waals surface area (Å²) < 4.78 is 1.76. The van der Waals surface area contributed by atoms with Crippen molar-refractivity contribution in [3.8, 4) is 5.82 Å². The summed E-state index contributed by atoms with van der Waals surface area (Å²) >= 11 is 0. The van der Waals surface area contributed by atoms with E-state index < -0.39 is 0 Å². The van der Waals surface area contributed by atoms with Crippen LogP contribution in [0, 0.1) is 6.92 Å². The van der Waals surface area contributed by atoms with Crippen LogP contribution in [0.25, 0.3) is 5.82 Å². The average molecular weight is 491 g/mol. The van der Waals surface area contributed by atoms with Gasteiger partial charge in [0.1, 0.15) is 0 Å². The Morgan fingerprint density at radius 1 is 1.27 bits per heavy atom. The molecule has 7 nitrogen and oxygen atoms in total. The standard InChI is InChI=1S/C29H34BN7/c1-4-27(23-9-6-10-24(30)15-23)34-20(3)33-26-17-32-37(18-26)28-19(2)16-31-29(36-28)35-25-13-11-21-7-5-8-22(21)12-14-25/h6,9-11,13-14,16-18,24,27,33-34H,3-5,7-8,12,15H2,1-2H3,(H,31,35,36). The van der Waals surface area contributed by atoms with Gasteiger partial charge in [-0.2, -0.15) is 10.1 Å². The molecule has 0 spiro atoms. The molecule has 2 unspecified atom stereocenters. The first-order chi connectivity index (χ1) is 18.0. The lowest BCUT2D eigenvalue weighted by Crippen LogP contribution is -2.32. The van der Waals surface area contributed by atoms with E-state index in [0.717, 1.165) is 42.0 Å². The number of allylic oxidation sites excluding steroid dienone is 8. The zero-order valence-corrected chi connectivity index (χ0v) is 21.7. The molecule has 2 aromatic heterocycles. The van der Waals surface area contributed by atoms with E-state index in [2.05, 4.69) is 63.8 Å². The van der Waals surface area contributed by atoms with Gasteiger partial charge in [-0.3, -0.25) is 0 Å². The number of aryl methyl sites for hydroxylation is 1. The minimum absolute atomic E-state index is 0.0677. The maximum atomic E-state index is 6.10. The molecular weight excluding hydrogens is 457 g/mol. The summed E-state index contributed by atoms with van der Waals surface area (Å²) in [5.41, 5.74) is 7.09. The van der Waals surface area contributed by atoms with Crippen molar-refractivity contribution in [2.45, 2.75) is 64.2 Å². The second-order valence-corrected chi connectivity index (χ2v) is 9.88. The summed E-state index contributed by atoms with van der Waals surface area (Å²) in [6.07, 6.45) is 24.7. The molecule has 5 rings (SSSR count). The highest BCUT2D eigenvalue weighted by atomic mass is 15.3. The first-order valence-corrected chi connectivity index (χ1v) is 13.1. The van der Waals surface area contributed by atoms with E-state index in [4.69, 9.17) is 12.8 Å². The van der Waals surface area contributed by atoms with Gasteiger partial charge < -0.3 is 16.0 Å². The van der Waals surface area contributed by atoms with Crippen LogP contribution in [0.4, 0.5) is 11.6 Å². The van der Waals surface area contributed by atoms with Crippen LogP contribution in [0.5, 0.6) is 0 Å². The Morgan fingerprint density at radius 3 is 3.00 bits per heavy atom. The van der Waals surface area contributed by atoms with Gasteiger partial charge in [-0.15, -0.1) is 0 Å². The van der Waals surface area contributed by atoms with Crippen molar-refractivity contribution in [3.05, 3.63) is 95.4 Å². The molecule has 2 radical (unpaired) electrons. The molecule has 0 fully saturated rings. The van der Waals surface area contributed by atoms with Crippen LogP contribution in [0.15, 0.2) is 89.9 Å². The first-order valence-electron chi connectivity index (χ1n) is 13.1. The second-order valence-electron chi connectivity index (χ2n) is 9.88. The molecule has 0 bridgehead atoms. The molecule has 37 heavy (non-hydrogen) atoms. The third-order valence-corrected chi connectivity index (χ3v) is 7.05. The molecule has 0 amide bonds. The van der Waals surface area contributed by atoms with Crippen LogP contribution in [0.3, 0.4) is 0 Å². The van der Waals surface area contributed by atoms with Gasteiger partial charge in [0.05, 0.1) is 31.7 Å². The number of nitrogens with zero attached hydrogens (tertiary/aromatic N) is 4. The third kappa shape index (κ3) is 5.96. The monoisotopic (exact) mass is 491 g/mol. The maximum absolute atomic E-state index is 6.10. The van der Waals surface area contributed by atoms with Crippen LogP contribution in [-0.4, -0.2) is 33.6 Å². The van der Waals surface area contributed by atoms with Crippen molar-refractivity contribution in [2.75, 3.05) is 10.6 Å². The number of hydrogen-bond donors (Lipinski definition) is 3. The van der Waals surface area contributed by atoms with Crippen LogP contribution in [0.2, 0.25) is 5.82 Å². The summed E-state index contributed by atoms with van der Waals surface area (Å²) in [7, 11) is 6.10. The zero-order valence-electron chi connectivity index (χ0n) is 21.7. The Kier molecular flexibility index (Phi) is 7.44. The number of nitrogens with one attached hydrogen (secondary N) is 3. The smallest absolute Gasteiger partial charge is 0.229 e. The van der Waals surface area contributed by atoms with Gasteiger partial charge in [-0.05, 0) is 62.7 Å². The van der Waals surface area contributed by atoms with E-state index in [-0.39, 0.29) is 11.9 Å². The fourth-order valence-electron chi connectivity index (χ4n) is 5.07. The minimum atomic E-state index is 0.0677. The van der Waals surface area contributed by atoms with Crippen LogP contribution >= 0.6 is 0 Å². The van der Waals surface area contributed by atoms with Crippen molar-refractivity contribution in [3.63, 3.8) is 0 Å². The fraction of sp³-hybridized carbons (Fsp3) is 0.345. The Morgan fingerprint density at radius 2 is 2.16 bits per heavy atom. The second kappa shape index (κ2) is 11.1. The molecule has 3 aliphatic rings. The van der Waals surface area contributed by atoms with Gasteiger partial charge in [-0.25, -0.2) is 9.67 Å². The normalized spacial score (nSPS) is 19.6. The third-order valence-electron chi connectivity index (χ3n) is 7.05. The van der Waals surface area contributed by atoms with Gasteiger partial charge in [-0.1, -0.05) is 55.3 Å². The van der Waals surface area contributed by atoms with Crippen LogP contribution in [-0.2, 0) is 0 Å². The van der Waals surface area contributed by atoms with Gasteiger partial charge in [0.25, 0.3) is 0 Å². The molecule has 0 aliphatic heterocycles. The molecule has 8 heteroatoms.